The number of guanidine groups is 1. The number of likely N-dealkylation sites (tertiary alicyclic amines) is 1. The van der Waals surface area contributed by atoms with Crippen LogP contribution in [0.1, 0.15) is 36.3 Å². The van der Waals surface area contributed by atoms with Gasteiger partial charge in [0.05, 0.1) is 6.54 Å². The minimum Gasteiger partial charge on any atom is -0.356 e. The summed E-state index contributed by atoms with van der Waals surface area (Å²) in [6.07, 6.45) is 0.0250. The molecule has 27 heavy (non-hydrogen) atoms. The van der Waals surface area contributed by atoms with Crippen molar-refractivity contribution >= 4 is 29.9 Å². The Morgan fingerprint density at radius 1 is 1.26 bits per heavy atom. The maximum Gasteiger partial charge on any atom is 0.401 e. The smallest absolute Gasteiger partial charge is 0.356 e. The van der Waals surface area contributed by atoms with Crippen molar-refractivity contribution in [3.8, 4) is 0 Å². The lowest BCUT2D eigenvalue weighted by molar-refractivity contribution is -0.143. The zero-order chi connectivity index (χ0) is 18.6. The molecule has 2 N–H and O–H groups in total. The highest BCUT2D eigenvalue weighted by Gasteiger charge is 2.34. The summed E-state index contributed by atoms with van der Waals surface area (Å²) < 4.78 is 37.5. The van der Waals surface area contributed by atoms with Crippen LogP contribution in [0, 0.1) is 0 Å². The Morgan fingerprint density at radius 3 is 2.78 bits per heavy atom. The van der Waals surface area contributed by atoms with E-state index >= 15 is 0 Å². The van der Waals surface area contributed by atoms with Gasteiger partial charge in [-0.15, -0.1) is 24.0 Å². The Bertz CT molecular complexity index is 636. The summed E-state index contributed by atoms with van der Waals surface area (Å²) in [5.41, 5.74) is 2.83. The summed E-state index contributed by atoms with van der Waals surface area (Å²) >= 11 is 0. The van der Waals surface area contributed by atoms with Crippen LogP contribution < -0.4 is 10.6 Å². The topological polar surface area (TPSA) is 39.7 Å². The summed E-state index contributed by atoms with van der Waals surface area (Å²) in [6.45, 7) is 0.808. The maximum atomic E-state index is 12.5. The van der Waals surface area contributed by atoms with Crippen molar-refractivity contribution in [2.45, 2.75) is 43.8 Å². The van der Waals surface area contributed by atoms with Gasteiger partial charge in [-0.3, -0.25) is 9.89 Å². The van der Waals surface area contributed by atoms with Gasteiger partial charge in [0.2, 0.25) is 0 Å². The molecule has 1 saturated heterocycles. The number of aliphatic imine (C=N–C) groups is 1. The Hall–Kier alpha value is -1.03. The van der Waals surface area contributed by atoms with E-state index in [4.69, 9.17) is 0 Å². The predicted molar refractivity (Wildman–Crippen MR) is 113 cm³/mol. The molecule has 0 aromatic heterocycles. The summed E-state index contributed by atoms with van der Waals surface area (Å²) in [6, 6.07) is 8.56. The second-order valence-electron chi connectivity index (χ2n) is 7.22. The molecule has 2 unspecified atom stereocenters. The third-order valence-electron chi connectivity index (χ3n) is 5.25. The molecule has 1 aromatic rings. The molecule has 0 radical (unpaired) electrons. The third-order valence-corrected chi connectivity index (χ3v) is 5.25. The molecule has 1 aromatic carbocycles. The Balaban J connectivity index is 0.00000261. The van der Waals surface area contributed by atoms with Crippen LogP contribution in [0.5, 0.6) is 0 Å². The summed E-state index contributed by atoms with van der Waals surface area (Å²) in [4.78, 5) is 5.69. The van der Waals surface area contributed by atoms with Crippen molar-refractivity contribution in [3.63, 3.8) is 0 Å². The van der Waals surface area contributed by atoms with Gasteiger partial charge in [0, 0.05) is 38.6 Å². The molecular weight excluding hydrogens is 468 g/mol. The summed E-state index contributed by atoms with van der Waals surface area (Å²) in [7, 11) is 1.70. The molecule has 0 bridgehead atoms. The van der Waals surface area contributed by atoms with Crippen LogP contribution in [0.4, 0.5) is 13.2 Å². The van der Waals surface area contributed by atoms with Gasteiger partial charge in [-0.2, -0.15) is 13.2 Å². The summed E-state index contributed by atoms with van der Waals surface area (Å²) in [5.74, 6) is 1.12. The largest absolute Gasteiger partial charge is 0.401 e. The molecular formula is C19H28F3IN4. The Morgan fingerprint density at radius 2 is 2.04 bits per heavy atom. The number of fused-ring (bicyclic) bond motifs is 1. The van der Waals surface area contributed by atoms with Crippen LogP contribution in [-0.2, 0) is 6.42 Å². The number of aryl methyl sites for hydroxylation is 1. The van der Waals surface area contributed by atoms with Gasteiger partial charge in [0.25, 0.3) is 0 Å². The number of benzene rings is 1. The van der Waals surface area contributed by atoms with Gasteiger partial charge in [-0.05, 0) is 36.8 Å². The number of hydrogen-bond acceptors (Lipinski definition) is 2. The number of alkyl halides is 3. The average Bonchev–Trinajstić information content (AvgIpc) is 3.03. The van der Waals surface area contributed by atoms with E-state index in [2.05, 4.69) is 39.9 Å². The highest BCUT2D eigenvalue weighted by Crippen LogP contribution is 2.30. The van der Waals surface area contributed by atoms with Crippen molar-refractivity contribution in [1.29, 1.82) is 0 Å². The first kappa shape index (κ1) is 22.3. The van der Waals surface area contributed by atoms with Gasteiger partial charge < -0.3 is 10.6 Å². The highest BCUT2D eigenvalue weighted by molar-refractivity contribution is 14.0. The van der Waals surface area contributed by atoms with E-state index in [0.717, 1.165) is 19.4 Å². The van der Waals surface area contributed by atoms with Crippen LogP contribution in [-0.4, -0.2) is 56.3 Å². The second kappa shape index (κ2) is 9.95. The van der Waals surface area contributed by atoms with E-state index in [1.165, 1.54) is 22.4 Å². The fraction of sp³-hybridized carbons (Fsp3) is 0.632. The molecule has 3 rings (SSSR count). The van der Waals surface area contributed by atoms with E-state index in [1.807, 2.05) is 0 Å². The summed E-state index contributed by atoms with van der Waals surface area (Å²) in [5, 5.41) is 6.64. The first-order valence-corrected chi connectivity index (χ1v) is 9.28. The number of hydrogen-bond donors (Lipinski definition) is 2. The molecule has 1 aliphatic heterocycles. The van der Waals surface area contributed by atoms with Crippen molar-refractivity contribution in [2.75, 3.05) is 33.2 Å². The van der Waals surface area contributed by atoms with Gasteiger partial charge in [0.1, 0.15) is 0 Å². The molecule has 0 saturated carbocycles. The monoisotopic (exact) mass is 496 g/mol. The van der Waals surface area contributed by atoms with E-state index < -0.39 is 12.7 Å². The van der Waals surface area contributed by atoms with Gasteiger partial charge in [0.15, 0.2) is 5.96 Å². The maximum absolute atomic E-state index is 12.5. The van der Waals surface area contributed by atoms with Crippen molar-refractivity contribution in [2.24, 2.45) is 4.99 Å². The molecule has 8 heteroatoms. The fourth-order valence-electron chi connectivity index (χ4n) is 4.02. The standard InChI is InChI=1S/C19H27F3N4.HI/c1-23-18(25-16-9-10-26(12-16)13-19(20,21)22)24-11-15-7-4-6-14-5-2-3-8-17(14)15;/h2-3,5,8,15-16H,4,6-7,9-13H2,1H3,(H2,23,24,25);1H. The van der Waals surface area contributed by atoms with Gasteiger partial charge >= 0.3 is 6.18 Å². The molecule has 1 heterocycles. The molecule has 0 amide bonds. The average molecular weight is 496 g/mol. The molecule has 152 valence electrons. The first-order chi connectivity index (χ1) is 12.4. The van der Waals surface area contributed by atoms with E-state index in [1.54, 1.807) is 7.05 Å². The van der Waals surface area contributed by atoms with Crippen LogP contribution in [0.25, 0.3) is 0 Å². The molecule has 0 spiro atoms. The van der Waals surface area contributed by atoms with Crippen LogP contribution in [0.3, 0.4) is 0 Å². The number of nitrogens with zero attached hydrogens (tertiary/aromatic N) is 2. The lowest BCUT2D eigenvalue weighted by Crippen LogP contribution is -2.46. The van der Waals surface area contributed by atoms with Gasteiger partial charge in [-0.25, -0.2) is 0 Å². The number of halogens is 4. The zero-order valence-corrected chi connectivity index (χ0v) is 17.9. The van der Waals surface area contributed by atoms with Crippen molar-refractivity contribution in [1.82, 2.24) is 15.5 Å². The van der Waals surface area contributed by atoms with E-state index in [0.29, 0.717) is 31.4 Å². The molecule has 1 aliphatic carbocycles. The third kappa shape index (κ3) is 6.51. The van der Waals surface area contributed by atoms with Crippen LogP contribution in [0.2, 0.25) is 0 Å². The zero-order valence-electron chi connectivity index (χ0n) is 15.6. The van der Waals surface area contributed by atoms with Crippen LogP contribution >= 0.6 is 24.0 Å². The number of rotatable bonds is 4. The second-order valence-corrected chi connectivity index (χ2v) is 7.22. The predicted octanol–water partition coefficient (Wildman–Crippen LogP) is 3.53. The SMILES string of the molecule is CN=C(NCC1CCCc2ccccc21)NC1CCN(CC(F)(F)F)C1.I. The Kier molecular flexibility index (Phi) is 8.20. The number of nitrogens with one attached hydrogen (secondary N) is 2. The lowest BCUT2D eigenvalue weighted by atomic mass is 9.83. The fourth-order valence-corrected chi connectivity index (χ4v) is 4.02. The van der Waals surface area contributed by atoms with Gasteiger partial charge in [-0.1, -0.05) is 24.3 Å². The van der Waals surface area contributed by atoms with Crippen molar-refractivity contribution in [3.05, 3.63) is 35.4 Å². The molecule has 2 aliphatic rings. The van der Waals surface area contributed by atoms with E-state index in [9.17, 15) is 13.2 Å². The van der Waals surface area contributed by atoms with E-state index in [-0.39, 0.29) is 30.0 Å². The minimum atomic E-state index is -4.14. The Labute approximate surface area is 176 Å². The highest BCUT2D eigenvalue weighted by atomic mass is 127. The first-order valence-electron chi connectivity index (χ1n) is 9.28. The molecule has 1 fully saturated rings. The molecule has 4 nitrogen and oxygen atoms in total. The van der Waals surface area contributed by atoms with Crippen LogP contribution in [0.15, 0.2) is 29.3 Å². The minimum absolute atomic E-state index is 0. The quantitative estimate of drug-likeness (QED) is 0.381. The normalized spacial score (nSPS) is 23.5. The molecule has 2 atom stereocenters. The lowest BCUT2D eigenvalue weighted by Gasteiger charge is -2.27. The van der Waals surface area contributed by atoms with Crippen molar-refractivity contribution < 1.29 is 13.2 Å².